The topological polar surface area (TPSA) is 77.6 Å². The lowest BCUT2D eigenvalue weighted by molar-refractivity contribution is -0.115. The highest BCUT2D eigenvalue weighted by molar-refractivity contribution is 5.92. The van der Waals surface area contributed by atoms with Gasteiger partial charge in [-0.25, -0.2) is 4.98 Å². The lowest BCUT2D eigenvalue weighted by atomic mass is 10.2. The smallest absolute Gasteiger partial charge is 0.239 e. The Kier molecular flexibility index (Phi) is 9.61. The van der Waals surface area contributed by atoms with Crippen LogP contribution in [0.5, 0.6) is 0 Å². The van der Waals surface area contributed by atoms with Gasteiger partial charge in [0.1, 0.15) is 12.1 Å². The van der Waals surface area contributed by atoms with E-state index in [1.54, 1.807) is 12.3 Å². The maximum Gasteiger partial charge on any atom is 0.239 e. The summed E-state index contributed by atoms with van der Waals surface area (Å²) in [5.41, 5.74) is 4.29. The largest absolute Gasteiger partial charge is 0.347 e. The molecule has 0 fully saturated rings. The average Bonchev–Trinajstić information content (AvgIpc) is 2.96. The fraction of sp³-hybridized carbons (Fsp3) is 0.292. The Bertz CT molecular complexity index is 923. The number of para-hydroxylation sites is 1. The number of aromatic nitrogens is 1. The summed E-state index contributed by atoms with van der Waals surface area (Å²) in [7, 11) is 6.28. The van der Waals surface area contributed by atoms with Crippen molar-refractivity contribution < 1.29 is 9.59 Å². The van der Waals surface area contributed by atoms with Gasteiger partial charge in [-0.05, 0) is 50.9 Å². The number of pyridine rings is 1. The number of carbonyl (C=O) groups is 2. The Morgan fingerprint density at radius 2 is 1.90 bits per heavy atom. The van der Waals surface area contributed by atoms with Gasteiger partial charge in [0, 0.05) is 43.3 Å². The maximum absolute atomic E-state index is 11.2. The van der Waals surface area contributed by atoms with Crippen LogP contribution in [0.25, 0.3) is 6.08 Å². The van der Waals surface area contributed by atoms with Crippen molar-refractivity contribution in [2.24, 2.45) is 0 Å². The third kappa shape index (κ3) is 7.81. The van der Waals surface area contributed by atoms with E-state index in [2.05, 4.69) is 83.8 Å². The molecule has 7 nitrogen and oxygen atoms in total. The SMILES string of the molecule is C/C=C(/CN(C)C)N(C)c1ccccc1.O=C/C=C/c1cnc2c(c1)CNCC(=O)N2. The molecule has 2 heterocycles. The van der Waals surface area contributed by atoms with Gasteiger partial charge in [-0.1, -0.05) is 30.4 Å². The van der Waals surface area contributed by atoms with E-state index in [1.807, 2.05) is 12.1 Å². The van der Waals surface area contributed by atoms with Crippen LogP contribution in [0.3, 0.4) is 0 Å². The van der Waals surface area contributed by atoms with Crippen molar-refractivity contribution in [3.05, 3.63) is 71.6 Å². The zero-order chi connectivity index (χ0) is 22.6. The molecule has 3 rings (SSSR count). The van der Waals surface area contributed by atoms with Crippen LogP contribution < -0.4 is 15.5 Å². The van der Waals surface area contributed by atoms with Gasteiger partial charge >= 0.3 is 0 Å². The Hall–Kier alpha value is -3.29. The van der Waals surface area contributed by atoms with Gasteiger partial charge in [-0.15, -0.1) is 0 Å². The average molecular weight is 422 g/mol. The van der Waals surface area contributed by atoms with E-state index in [1.165, 1.54) is 17.5 Å². The predicted octanol–water partition coefficient (Wildman–Crippen LogP) is 2.92. The first-order valence-electron chi connectivity index (χ1n) is 10.1. The van der Waals surface area contributed by atoms with Crippen LogP contribution in [0.2, 0.25) is 0 Å². The monoisotopic (exact) mass is 421 g/mol. The molecule has 2 aromatic rings. The summed E-state index contributed by atoms with van der Waals surface area (Å²) < 4.78 is 0. The van der Waals surface area contributed by atoms with Crippen LogP contribution >= 0.6 is 0 Å². The number of nitrogens with one attached hydrogen (secondary N) is 2. The highest BCUT2D eigenvalue weighted by atomic mass is 16.2. The lowest BCUT2D eigenvalue weighted by Crippen LogP contribution is -2.26. The molecule has 1 amide bonds. The maximum atomic E-state index is 11.2. The second-order valence-corrected chi connectivity index (χ2v) is 7.34. The number of likely N-dealkylation sites (N-methyl/N-ethyl adjacent to an activating group) is 2. The van der Waals surface area contributed by atoms with Gasteiger partial charge in [-0.2, -0.15) is 0 Å². The number of carbonyl (C=O) groups excluding carboxylic acids is 2. The first-order chi connectivity index (χ1) is 14.9. The van der Waals surface area contributed by atoms with Gasteiger partial charge in [0.25, 0.3) is 0 Å². The molecule has 31 heavy (non-hydrogen) atoms. The van der Waals surface area contributed by atoms with E-state index >= 15 is 0 Å². The molecular weight excluding hydrogens is 390 g/mol. The van der Waals surface area contributed by atoms with E-state index in [4.69, 9.17) is 0 Å². The number of rotatable bonds is 6. The quantitative estimate of drug-likeness (QED) is 0.552. The van der Waals surface area contributed by atoms with Crippen molar-refractivity contribution in [3.63, 3.8) is 0 Å². The number of anilines is 2. The molecule has 0 bridgehead atoms. The summed E-state index contributed by atoms with van der Waals surface area (Å²) in [5, 5.41) is 5.69. The molecule has 0 atom stereocenters. The molecule has 0 spiro atoms. The standard InChI is InChI=1S/C13H20N2.C11H11N3O2/c1-5-12(11-14(2)3)15(4)13-9-7-6-8-10-13;15-3-1-2-8-4-9-6-12-7-10(16)14-11(9)13-5-8/h5-10H,11H2,1-4H3;1-5,12H,6-7H2,(H,13,14,16)/b12-5-;2-1+. The number of nitrogens with zero attached hydrogens (tertiary/aromatic N) is 3. The molecule has 2 N–H and O–H groups in total. The minimum absolute atomic E-state index is 0.0950. The van der Waals surface area contributed by atoms with E-state index in [0.29, 0.717) is 18.6 Å². The third-order valence-corrected chi connectivity index (χ3v) is 4.60. The third-order valence-electron chi connectivity index (χ3n) is 4.60. The van der Waals surface area contributed by atoms with Crippen LogP contribution in [-0.4, -0.2) is 56.3 Å². The summed E-state index contributed by atoms with van der Waals surface area (Å²) in [4.78, 5) is 30.0. The molecule has 1 aliphatic rings. The van der Waals surface area contributed by atoms with E-state index < -0.39 is 0 Å². The van der Waals surface area contributed by atoms with E-state index in [9.17, 15) is 9.59 Å². The molecule has 1 aromatic carbocycles. The van der Waals surface area contributed by atoms with Crippen LogP contribution in [0, 0.1) is 0 Å². The summed E-state index contributed by atoms with van der Waals surface area (Å²) in [6.45, 7) is 3.92. The zero-order valence-corrected chi connectivity index (χ0v) is 18.6. The molecule has 164 valence electrons. The number of aldehydes is 1. The van der Waals surface area contributed by atoms with Crippen molar-refractivity contribution >= 4 is 29.8 Å². The van der Waals surface area contributed by atoms with Gasteiger partial charge < -0.3 is 20.4 Å². The number of amides is 1. The van der Waals surface area contributed by atoms with Gasteiger partial charge in [0.2, 0.25) is 5.91 Å². The van der Waals surface area contributed by atoms with Gasteiger partial charge in [0.05, 0.1) is 6.54 Å². The molecular formula is C24H31N5O2. The normalized spacial score (nSPS) is 13.7. The Morgan fingerprint density at radius 1 is 1.16 bits per heavy atom. The number of hydrogen-bond donors (Lipinski definition) is 2. The number of allylic oxidation sites excluding steroid dienone is 2. The Balaban J connectivity index is 0.000000221. The van der Waals surface area contributed by atoms with Crippen molar-refractivity contribution in [1.29, 1.82) is 0 Å². The van der Waals surface area contributed by atoms with Crippen LogP contribution in [0.4, 0.5) is 11.5 Å². The number of hydrogen-bond acceptors (Lipinski definition) is 6. The molecule has 0 saturated heterocycles. The van der Waals surface area contributed by atoms with E-state index in [-0.39, 0.29) is 12.5 Å². The molecule has 1 aliphatic heterocycles. The summed E-state index contributed by atoms with van der Waals surface area (Å²) in [5.74, 6) is 0.487. The van der Waals surface area contributed by atoms with E-state index in [0.717, 1.165) is 17.7 Å². The predicted molar refractivity (Wildman–Crippen MR) is 127 cm³/mol. The summed E-state index contributed by atoms with van der Waals surface area (Å²) >= 11 is 0. The lowest BCUT2D eigenvalue weighted by Gasteiger charge is -2.25. The summed E-state index contributed by atoms with van der Waals surface area (Å²) in [6.07, 6.45) is 7.57. The molecule has 7 heteroatoms. The van der Waals surface area contributed by atoms with Crippen molar-refractivity contribution in [2.45, 2.75) is 13.5 Å². The molecule has 1 aromatic heterocycles. The Morgan fingerprint density at radius 3 is 2.55 bits per heavy atom. The minimum Gasteiger partial charge on any atom is -0.347 e. The summed E-state index contributed by atoms with van der Waals surface area (Å²) in [6, 6.07) is 12.3. The van der Waals surface area contributed by atoms with Crippen molar-refractivity contribution in [1.82, 2.24) is 15.2 Å². The fourth-order valence-electron chi connectivity index (χ4n) is 3.04. The molecule has 0 unspecified atom stereocenters. The van der Waals surface area contributed by atoms with Crippen LogP contribution in [0.1, 0.15) is 18.1 Å². The Labute approximate surface area is 184 Å². The zero-order valence-electron chi connectivity index (χ0n) is 18.6. The minimum atomic E-state index is -0.0950. The number of fused-ring (bicyclic) bond motifs is 1. The van der Waals surface area contributed by atoms with Crippen molar-refractivity contribution in [3.8, 4) is 0 Å². The highest BCUT2D eigenvalue weighted by Crippen LogP contribution is 2.17. The number of benzene rings is 1. The first-order valence-corrected chi connectivity index (χ1v) is 10.1. The molecule has 0 radical (unpaired) electrons. The second kappa shape index (κ2) is 12.4. The van der Waals surface area contributed by atoms with Crippen LogP contribution in [-0.2, 0) is 16.1 Å². The first kappa shape index (κ1) is 24.0. The van der Waals surface area contributed by atoms with Crippen molar-refractivity contribution in [2.75, 3.05) is 44.4 Å². The molecule has 0 saturated carbocycles. The van der Waals surface area contributed by atoms with Gasteiger partial charge in [-0.3, -0.25) is 9.59 Å². The second-order valence-electron chi connectivity index (χ2n) is 7.34. The van der Waals surface area contributed by atoms with Crippen LogP contribution in [0.15, 0.2) is 60.4 Å². The van der Waals surface area contributed by atoms with Gasteiger partial charge in [0.15, 0.2) is 0 Å². The highest BCUT2D eigenvalue weighted by Gasteiger charge is 2.13. The fourth-order valence-corrected chi connectivity index (χ4v) is 3.04. The molecule has 0 aliphatic carbocycles.